The standard InChI is InChI=1S/C8H10N4OS/c1-5(6(9)14)7(13)12-8-10-3-2-4-11-8/h2-5H,1H3,(H2,9,14)(H,10,11,12,13). The molecular formula is C8H10N4OS. The van der Waals surface area contributed by atoms with Crippen LogP contribution >= 0.6 is 12.2 Å². The van der Waals surface area contributed by atoms with Crippen LogP contribution in [0.2, 0.25) is 0 Å². The Balaban J connectivity index is 2.62. The molecule has 1 aromatic heterocycles. The molecule has 1 rings (SSSR count). The quantitative estimate of drug-likeness (QED) is 0.703. The van der Waals surface area contributed by atoms with Gasteiger partial charge in [-0.3, -0.25) is 10.1 Å². The number of carbonyl (C=O) groups is 1. The molecule has 1 heterocycles. The fourth-order valence-electron chi connectivity index (χ4n) is 0.711. The summed E-state index contributed by atoms with van der Waals surface area (Å²) in [5.41, 5.74) is 5.32. The lowest BCUT2D eigenvalue weighted by Gasteiger charge is -2.08. The number of nitrogens with two attached hydrogens (primary N) is 1. The smallest absolute Gasteiger partial charge is 0.236 e. The Bertz CT molecular complexity index is 340. The van der Waals surface area contributed by atoms with Gasteiger partial charge in [-0.2, -0.15) is 0 Å². The predicted molar refractivity (Wildman–Crippen MR) is 56.6 cm³/mol. The van der Waals surface area contributed by atoms with Gasteiger partial charge < -0.3 is 5.73 Å². The van der Waals surface area contributed by atoms with E-state index in [0.717, 1.165) is 0 Å². The third-order valence-electron chi connectivity index (χ3n) is 1.62. The minimum absolute atomic E-state index is 0.151. The normalized spacial score (nSPS) is 11.8. The second-order valence-electron chi connectivity index (χ2n) is 2.69. The van der Waals surface area contributed by atoms with Crippen LogP contribution in [0.25, 0.3) is 0 Å². The van der Waals surface area contributed by atoms with Gasteiger partial charge in [-0.15, -0.1) is 0 Å². The van der Waals surface area contributed by atoms with Gasteiger partial charge in [0.15, 0.2) is 0 Å². The van der Waals surface area contributed by atoms with E-state index in [9.17, 15) is 4.79 Å². The van der Waals surface area contributed by atoms with Gasteiger partial charge in [-0.05, 0) is 13.0 Å². The van der Waals surface area contributed by atoms with Crippen LogP contribution in [0.15, 0.2) is 18.5 Å². The Kier molecular flexibility index (Phi) is 3.47. The molecule has 5 nitrogen and oxygen atoms in total. The SMILES string of the molecule is CC(C(=O)Nc1ncccn1)C(N)=S. The molecule has 1 amide bonds. The minimum Gasteiger partial charge on any atom is -0.393 e. The number of carbonyl (C=O) groups excluding carboxylic acids is 1. The number of nitrogens with zero attached hydrogens (tertiary/aromatic N) is 2. The molecule has 1 atom stereocenters. The van der Waals surface area contributed by atoms with E-state index in [1.807, 2.05) is 0 Å². The fraction of sp³-hybridized carbons (Fsp3) is 0.250. The van der Waals surface area contributed by atoms with Crippen LogP contribution < -0.4 is 11.1 Å². The van der Waals surface area contributed by atoms with E-state index in [-0.39, 0.29) is 16.8 Å². The van der Waals surface area contributed by atoms with E-state index < -0.39 is 5.92 Å². The number of amides is 1. The average Bonchev–Trinajstić information content (AvgIpc) is 2.18. The van der Waals surface area contributed by atoms with Crippen LogP contribution in [0.1, 0.15) is 6.92 Å². The lowest BCUT2D eigenvalue weighted by atomic mass is 10.2. The van der Waals surface area contributed by atoms with Crippen molar-refractivity contribution < 1.29 is 4.79 Å². The molecule has 0 aliphatic rings. The third-order valence-corrected chi connectivity index (χ3v) is 1.97. The maximum Gasteiger partial charge on any atom is 0.236 e. The number of thiocarbonyl (C=S) groups is 1. The van der Waals surface area contributed by atoms with Gasteiger partial charge in [-0.25, -0.2) is 9.97 Å². The molecular weight excluding hydrogens is 200 g/mol. The monoisotopic (exact) mass is 210 g/mol. The van der Waals surface area contributed by atoms with Crippen molar-refractivity contribution in [2.24, 2.45) is 11.7 Å². The Labute approximate surface area is 86.7 Å². The maximum absolute atomic E-state index is 11.4. The van der Waals surface area contributed by atoms with E-state index in [2.05, 4.69) is 27.5 Å². The molecule has 1 aromatic rings. The van der Waals surface area contributed by atoms with Crippen LogP contribution in [0.5, 0.6) is 0 Å². The van der Waals surface area contributed by atoms with Crippen LogP contribution in [0, 0.1) is 5.92 Å². The summed E-state index contributed by atoms with van der Waals surface area (Å²) in [7, 11) is 0. The van der Waals surface area contributed by atoms with E-state index in [0.29, 0.717) is 0 Å². The molecule has 0 radical (unpaired) electrons. The van der Waals surface area contributed by atoms with Gasteiger partial charge in [-0.1, -0.05) is 12.2 Å². The van der Waals surface area contributed by atoms with E-state index in [4.69, 9.17) is 5.73 Å². The van der Waals surface area contributed by atoms with Crippen LogP contribution in [-0.2, 0) is 4.79 Å². The van der Waals surface area contributed by atoms with Crippen LogP contribution in [-0.4, -0.2) is 20.9 Å². The molecule has 0 saturated carbocycles. The summed E-state index contributed by atoms with van der Waals surface area (Å²) in [5.74, 6) is -0.571. The lowest BCUT2D eigenvalue weighted by molar-refractivity contribution is -0.117. The topological polar surface area (TPSA) is 80.9 Å². The second-order valence-corrected chi connectivity index (χ2v) is 3.16. The largest absolute Gasteiger partial charge is 0.393 e. The van der Waals surface area contributed by atoms with Crippen molar-refractivity contribution in [2.45, 2.75) is 6.92 Å². The summed E-state index contributed by atoms with van der Waals surface area (Å²) in [6, 6.07) is 1.66. The number of nitrogens with one attached hydrogen (secondary N) is 1. The Hall–Kier alpha value is -1.56. The summed E-state index contributed by atoms with van der Waals surface area (Å²) < 4.78 is 0. The first-order valence-electron chi connectivity index (χ1n) is 3.98. The molecule has 0 aliphatic heterocycles. The average molecular weight is 210 g/mol. The minimum atomic E-state index is -0.520. The molecule has 6 heteroatoms. The first-order chi connectivity index (χ1) is 6.61. The van der Waals surface area contributed by atoms with Gasteiger partial charge in [0.1, 0.15) is 0 Å². The molecule has 0 fully saturated rings. The van der Waals surface area contributed by atoms with Crippen molar-refractivity contribution in [3.05, 3.63) is 18.5 Å². The summed E-state index contributed by atoms with van der Waals surface area (Å²) in [6.45, 7) is 1.63. The van der Waals surface area contributed by atoms with E-state index >= 15 is 0 Å². The third kappa shape index (κ3) is 2.74. The zero-order valence-corrected chi connectivity index (χ0v) is 8.41. The number of aromatic nitrogens is 2. The molecule has 14 heavy (non-hydrogen) atoms. The van der Waals surface area contributed by atoms with Crippen molar-refractivity contribution >= 4 is 29.1 Å². The van der Waals surface area contributed by atoms with Crippen LogP contribution in [0.3, 0.4) is 0 Å². The highest BCUT2D eigenvalue weighted by Gasteiger charge is 2.15. The van der Waals surface area contributed by atoms with E-state index in [1.54, 1.807) is 13.0 Å². The summed E-state index contributed by atoms with van der Waals surface area (Å²) >= 11 is 4.69. The molecule has 3 N–H and O–H groups in total. The lowest BCUT2D eigenvalue weighted by Crippen LogP contribution is -2.31. The Morgan fingerprint density at radius 1 is 1.57 bits per heavy atom. The molecule has 1 unspecified atom stereocenters. The second kappa shape index (κ2) is 4.61. The van der Waals surface area contributed by atoms with Crippen molar-refractivity contribution in [2.75, 3.05) is 5.32 Å². The van der Waals surface area contributed by atoms with Crippen molar-refractivity contribution in [3.63, 3.8) is 0 Å². The molecule has 0 bridgehead atoms. The van der Waals surface area contributed by atoms with Gasteiger partial charge in [0.05, 0.1) is 10.9 Å². The molecule has 0 saturated heterocycles. The van der Waals surface area contributed by atoms with Crippen molar-refractivity contribution in [1.29, 1.82) is 0 Å². The predicted octanol–water partition coefficient (Wildman–Crippen LogP) is 0.337. The summed E-state index contributed by atoms with van der Waals surface area (Å²) in [6.07, 6.45) is 3.07. The Morgan fingerprint density at radius 2 is 2.14 bits per heavy atom. The zero-order chi connectivity index (χ0) is 10.6. The number of rotatable bonds is 3. The van der Waals surface area contributed by atoms with Gasteiger partial charge in [0.2, 0.25) is 11.9 Å². The highest BCUT2D eigenvalue weighted by atomic mass is 32.1. The first-order valence-corrected chi connectivity index (χ1v) is 4.39. The van der Waals surface area contributed by atoms with Crippen LogP contribution in [0.4, 0.5) is 5.95 Å². The maximum atomic E-state index is 11.4. The Morgan fingerprint density at radius 3 is 2.64 bits per heavy atom. The van der Waals surface area contributed by atoms with Crippen molar-refractivity contribution in [1.82, 2.24) is 9.97 Å². The highest BCUT2D eigenvalue weighted by Crippen LogP contribution is 2.01. The fourth-order valence-corrected chi connectivity index (χ4v) is 0.818. The number of hydrogen-bond donors (Lipinski definition) is 2. The first kappa shape index (κ1) is 10.5. The summed E-state index contributed by atoms with van der Waals surface area (Å²) in [5, 5.41) is 2.49. The van der Waals surface area contributed by atoms with E-state index in [1.165, 1.54) is 12.4 Å². The highest BCUT2D eigenvalue weighted by molar-refractivity contribution is 7.80. The molecule has 0 aliphatic carbocycles. The molecule has 74 valence electrons. The molecule has 0 aromatic carbocycles. The summed E-state index contributed by atoms with van der Waals surface area (Å²) in [4.78, 5) is 19.2. The van der Waals surface area contributed by atoms with Gasteiger partial charge in [0, 0.05) is 12.4 Å². The van der Waals surface area contributed by atoms with Gasteiger partial charge >= 0.3 is 0 Å². The van der Waals surface area contributed by atoms with Gasteiger partial charge in [0.25, 0.3) is 0 Å². The number of hydrogen-bond acceptors (Lipinski definition) is 4. The zero-order valence-electron chi connectivity index (χ0n) is 7.60. The number of anilines is 1. The molecule has 0 spiro atoms. The van der Waals surface area contributed by atoms with Crippen molar-refractivity contribution in [3.8, 4) is 0 Å².